The third-order valence-electron chi connectivity index (χ3n) is 4.25. The van der Waals surface area contributed by atoms with Gasteiger partial charge >= 0.3 is 0 Å². The molecule has 1 aliphatic heterocycles. The van der Waals surface area contributed by atoms with Gasteiger partial charge in [0, 0.05) is 12.6 Å². The second-order valence-corrected chi connectivity index (χ2v) is 7.62. The van der Waals surface area contributed by atoms with E-state index in [1.807, 2.05) is 19.9 Å². The first-order valence-electron chi connectivity index (χ1n) is 7.34. The van der Waals surface area contributed by atoms with E-state index in [2.05, 4.69) is 16.7 Å². The summed E-state index contributed by atoms with van der Waals surface area (Å²) in [7, 11) is -1.43. The fourth-order valence-electron chi connectivity index (χ4n) is 2.71. The smallest absolute Gasteiger partial charge is 0.241 e. The maximum absolute atomic E-state index is 12.7. The van der Waals surface area contributed by atoms with Crippen LogP contribution >= 0.6 is 0 Å². The summed E-state index contributed by atoms with van der Waals surface area (Å²) in [4.78, 5) is 2.58. The molecule has 0 radical (unpaired) electrons. The van der Waals surface area contributed by atoms with Crippen molar-refractivity contribution in [3.05, 3.63) is 28.8 Å². The quantitative estimate of drug-likeness (QED) is 0.874. The summed E-state index contributed by atoms with van der Waals surface area (Å²) >= 11 is 0. The van der Waals surface area contributed by atoms with Gasteiger partial charge in [-0.15, -0.1) is 0 Å². The van der Waals surface area contributed by atoms with E-state index in [9.17, 15) is 8.42 Å². The molecular weight excluding hydrogens is 286 g/mol. The van der Waals surface area contributed by atoms with Gasteiger partial charge in [0.05, 0.1) is 4.90 Å². The molecule has 0 amide bonds. The molecule has 1 aromatic carbocycles. The molecule has 1 aromatic rings. The molecule has 118 valence electrons. The Labute approximate surface area is 127 Å². The highest BCUT2D eigenvalue weighted by Gasteiger charge is 2.25. The van der Waals surface area contributed by atoms with Crippen LogP contribution in [-0.4, -0.2) is 39.5 Å². The van der Waals surface area contributed by atoms with Crippen LogP contribution in [0.1, 0.15) is 29.5 Å². The first kappa shape index (κ1) is 16.4. The molecule has 1 heterocycles. The summed E-state index contributed by atoms with van der Waals surface area (Å²) in [5.74, 6) is 0. The highest BCUT2D eigenvalue weighted by atomic mass is 32.2. The van der Waals surface area contributed by atoms with Crippen molar-refractivity contribution in [3.8, 4) is 0 Å². The zero-order valence-electron chi connectivity index (χ0n) is 13.0. The first-order valence-corrected chi connectivity index (χ1v) is 8.83. The Hall–Kier alpha value is -0.950. The van der Waals surface area contributed by atoms with Crippen LogP contribution in [0.5, 0.6) is 0 Å². The molecule has 0 aliphatic carbocycles. The number of aryl methyl sites for hydroxylation is 1. The minimum Gasteiger partial charge on any atom is -0.326 e. The highest BCUT2D eigenvalue weighted by Crippen LogP contribution is 2.22. The zero-order chi connectivity index (χ0) is 15.6. The average molecular weight is 311 g/mol. The Kier molecular flexibility index (Phi) is 5.03. The molecule has 1 fully saturated rings. The molecule has 5 nitrogen and oxygen atoms in total. The van der Waals surface area contributed by atoms with Gasteiger partial charge in [-0.3, -0.25) is 0 Å². The molecule has 0 aromatic heterocycles. The van der Waals surface area contributed by atoms with Crippen LogP contribution in [0.25, 0.3) is 0 Å². The molecule has 0 unspecified atom stereocenters. The van der Waals surface area contributed by atoms with Crippen LogP contribution in [0.4, 0.5) is 0 Å². The monoisotopic (exact) mass is 311 g/mol. The maximum Gasteiger partial charge on any atom is 0.241 e. The summed E-state index contributed by atoms with van der Waals surface area (Å²) in [6.45, 7) is 5.96. The largest absolute Gasteiger partial charge is 0.326 e. The number of sulfonamides is 1. The molecule has 1 saturated heterocycles. The standard InChI is InChI=1S/C15H25N3O2S/c1-11-8-13(10-16)9-15(12(11)2)21(19,20)17-14-4-6-18(3)7-5-14/h8-9,14,17H,4-7,10,16H2,1-3H3. The second kappa shape index (κ2) is 6.44. The SMILES string of the molecule is Cc1cc(CN)cc(S(=O)(=O)NC2CCN(C)CC2)c1C. The van der Waals surface area contributed by atoms with Crippen LogP contribution < -0.4 is 10.5 Å². The van der Waals surface area contributed by atoms with Crippen molar-refractivity contribution in [3.63, 3.8) is 0 Å². The molecule has 2 rings (SSSR count). The maximum atomic E-state index is 12.7. The molecule has 21 heavy (non-hydrogen) atoms. The molecule has 0 bridgehead atoms. The van der Waals surface area contributed by atoms with Crippen molar-refractivity contribution in [1.82, 2.24) is 9.62 Å². The van der Waals surface area contributed by atoms with E-state index >= 15 is 0 Å². The van der Waals surface area contributed by atoms with E-state index < -0.39 is 10.0 Å². The van der Waals surface area contributed by atoms with Crippen LogP contribution in [-0.2, 0) is 16.6 Å². The minimum absolute atomic E-state index is 0.0208. The van der Waals surface area contributed by atoms with Gasteiger partial charge in [0.15, 0.2) is 0 Å². The molecule has 0 saturated carbocycles. The van der Waals surface area contributed by atoms with E-state index in [1.165, 1.54) is 0 Å². The van der Waals surface area contributed by atoms with Crippen molar-refractivity contribution in [2.75, 3.05) is 20.1 Å². The van der Waals surface area contributed by atoms with E-state index in [0.717, 1.165) is 42.6 Å². The van der Waals surface area contributed by atoms with Gasteiger partial charge in [-0.1, -0.05) is 6.07 Å². The van der Waals surface area contributed by atoms with Crippen LogP contribution in [0, 0.1) is 13.8 Å². The van der Waals surface area contributed by atoms with Crippen molar-refractivity contribution in [2.24, 2.45) is 5.73 Å². The van der Waals surface area contributed by atoms with E-state index in [1.54, 1.807) is 6.07 Å². The molecule has 0 atom stereocenters. The first-order chi connectivity index (χ1) is 9.83. The summed E-state index contributed by atoms with van der Waals surface area (Å²) in [6.07, 6.45) is 1.70. The normalized spacial score (nSPS) is 18.1. The summed E-state index contributed by atoms with van der Waals surface area (Å²) in [5.41, 5.74) is 8.27. The number of nitrogens with zero attached hydrogens (tertiary/aromatic N) is 1. The van der Waals surface area contributed by atoms with Crippen LogP contribution in [0.15, 0.2) is 17.0 Å². The fourth-order valence-corrected chi connectivity index (χ4v) is 4.38. The Morgan fingerprint density at radius 3 is 2.48 bits per heavy atom. The Bertz CT molecular complexity index is 606. The summed E-state index contributed by atoms with van der Waals surface area (Å²) in [5, 5.41) is 0. The van der Waals surface area contributed by atoms with Gasteiger partial charge in [-0.25, -0.2) is 13.1 Å². The lowest BCUT2D eigenvalue weighted by Crippen LogP contribution is -2.43. The number of piperidine rings is 1. The summed E-state index contributed by atoms with van der Waals surface area (Å²) in [6, 6.07) is 3.66. The minimum atomic E-state index is -3.49. The number of nitrogens with one attached hydrogen (secondary N) is 1. The fraction of sp³-hybridized carbons (Fsp3) is 0.600. The van der Waals surface area contributed by atoms with E-state index in [4.69, 9.17) is 5.73 Å². The van der Waals surface area contributed by atoms with Crippen LogP contribution in [0.3, 0.4) is 0 Å². The molecule has 6 heteroatoms. The molecule has 3 N–H and O–H groups in total. The molecule has 0 spiro atoms. The number of nitrogens with two attached hydrogens (primary N) is 1. The van der Waals surface area contributed by atoms with Crippen molar-refractivity contribution in [1.29, 1.82) is 0 Å². The Morgan fingerprint density at radius 2 is 1.90 bits per heavy atom. The lowest BCUT2D eigenvalue weighted by Gasteiger charge is -2.29. The lowest BCUT2D eigenvalue weighted by atomic mass is 10.1. The van der Waals surface area contributed by atoms with Gasteiger partial charge in [-0.2, -0.15) is 0 Å². The predicted molar refractivity (Wildman–Crippen MR) is 84.6 cm³/mol. The van der Waals surface area contributed by atoms with E-state index in [0.29, 0.717) is 11.4 Å². The van der Waals surface area contributed by atoms with Gasteiger partial charge in [0.1, 0.15) is 0 Å². The van der Waals surface area contributed by atoms with Gasteiger partial charge in [0.2, 0.25) is 10.0 Å². The van der Waals surface area contributed by atoms with Crippen molar-refractivity contribution >= 4 is 10.0 Å². The second-order valence-electron chi connectivity index (χ2n) is 5.94. The predicted octanol–water partition coefficient (Wildman–Crippen LogP) is 1.13. The topological polar surface area (TPSA) is 75.4 Å². The number of hydrogen-bond acceptors (Lipinski definition) is 4. The van der Waals surface area contributed by atoms with Crippen molar-refractivity contribution in [2.45, 2.75) is 44.2 Å². The lowest BCUT2D eigenvalue weighted by molar-refractivity contribution is 0.248. The summed E-state index contributed by atoms with van der Waals surface area (Å²) < 4.78 is 28.2. The Balaban J connectivity index is 2.25. The number of hydrogen-bond donors (Lipinski definition) is 2. The van der Waals surface area contributed by atoms with Crippen molar-refractivity contribution < 1.29 is 8.42 Å². The average Bonchev–Trinajstić information content (AvgIpc) is 2.43. The molecule has 1 aliphatic rings. The number of benzene rings is 1. The van der Waals surface area contributed by atoms with Gasteiger partial charge < -0.3 is 10.6 Å². The number of rotatable bonds is 4. The van der Waals surface area contributed by atoms with E-state index in [-0.39, 0.29) is 6.04 Å². The third kappa shape index (κ3) is 3.83. The Morgan fingerprint density at radius 1 is 1.29 bits per heavy atom. The number of likely N-dealkylation sites (tertiary alicyclic amines) is 1. The van der Waals surface area contributed by atoms with Gasteiger partial charge in [-0.05, 0) is 69.6 Å². The highest BCUT2D eigenvalue weighted by molar-refractivity contribution is 7.89. The van der Waals surface area contributed by atoms with Gasteiger partial charge in [0.25, 0.3) is 0 Å². The molecular formula is C15H25N3O2S. The van der Waals surface area contributed by atoms with Crippen LogP contribution in [0.2, 0.25) is 0 Å². The third-order valence-corrected chi connectivity index (χ3v) is 5.89. The zero-order valence-corrected chi connectivity index (χ0v) is 13.8.